The van der Waals surface area contributed by atoms with E-state index >= 15 is 0 Å². The fourth-order valence-corrected chi connectivity index (χ4v) is 3.65. The summed E-state index contributed by atoms with van der Waals surface area (Å²) in [5, 5.41) is 2.82. The van der Waals surface area contributed by atoms with E-state index in [9.17, 15) is 19.2 Å². The van der Waals surface area contributed by atoms with Crippen molar-refractivity contribution in [3.05, 3.63) is 11.8 Å². The molecule has 1 aliphatic rings. The molecule has 170 valence electrons. The molecule has 0 spiro atoms. The number of thioether (sulfide) groups is 1. The van der Waals surface area contributed by atoms with Gasteiger partial charge in [0.2, 0.25) is 0 Å². The minimum absolute atomic E-state index is 0.0682. The van der Waals surface area contributed by atoms with E-state index in [4.69, 9.17) is 23.7 Å². The first-order valence-corrected chi connectivity index (χ1v) is 10.7. The predicted molar refractivity (Wildman–Crippen MR) is 107 cm³/mol. The molecule has 11 heteroatoms. The largest absolute Gasteiger partial charge is 0.462 e. The molecule has 0 aromatic heterocycles. The van der Waals surface area contributed by atoms with E-state index < -0.39 is 47.6 Å². The number of carbonyl (C=O) groups excluding carboxylic acids is 4. The fraction of sp³-hybridized carbons (Fsp3) is 0.684. The molecule has 4 atom stereocenters. The molecule has 0 aromatic rings. The topological polar surface area (TPSA) is 126 Å². The first-order chi connectivity index (χ1) is 14.2. The molecule has 1 aliphatic heterocycles. The van der Waals surface area contributed by atoms with Crippen LogP contribution in [0.25, 0.3) is 0 Å². The van der Waals surface area contributed by atoms with E-state index in [1.165, 1.54) is 31.8 Å². The van der Waals surface area contributed by atoms with Crippen LogP contribution in [0, 0.1) is 0 Å². The molecule has 0 amide bonds. The highest BCUT2D eigenvalue weighted by atomic mass is 32.2. The molecule has 0 aromatic carbocycles. The quantitative estimate of drug-likeness (QED) is 0.160. The van der Waals surface area contributed by atoms with Crippen LogP contribution in [0.15, 0.2) is 11.8 Å². The lowest BCUT2D eigenvalue weighted by Gasteiger charge is -2.23. The van der Waals surface area contributed by atoms with Crippen molar-refractivity contribution in [2.24, 2.45) is 0 Å². The fourth-order valence-electron chi connectivity index (χ4n) is 2.70. The second-order valence-electron chi connectivity index (χ2n) is 6.05. The third-order valence-electron chi connectivity index (χ3n) is 3.76. The summed E-state index contributed by atoms with van der Waals surface area (Å²) in [6.45, 7) is 7.91. The summed E-state index contributed by atoms with van der Waals surface area (Å²) in [7, 11) is 0. The molecule has 0 unspecified atom stereocenters. The number of ether oxygens (including phenoxy) is 5. The SMILES string of the molecule is CCOC(=O)C(=CNC[C@@H]1O[C@@H](SCC)[C@H](OC(C)=O)[C@H]1OC(C)=O)C(=O)OCC. The summed E-state index contributed by atoms with van der Waals surface area (Å²) in [4.78, 5) is 47.1. The number of hydrogen-bond acceptors (Lipinski definition) is 11. The Labute approximate surface area is 179 Å². The van der Waals surface area contributed by atoms with Crippen LogP contribution in [0.2, 0.25) is 0 Å². The summed E-state index contributed by atoms with van der Waals surface area (Å²) in [5.74, 6) is -2.05. The standard InChI is InChI=1S/C19H29NO9S/c1-6-25-17(23)13(18(24)26-7-2)9-20-10-14-15(27-11(4)21)16(28-12(5)22)19(29-14)30-8-3/h9,14-16,19-20H,6-8,10H2,1-5H3/t14-,15-,16+,19-/m0/s1. The minimum atomic E-state index is -0.856. The maximum absolute atomic E-state index is 12.0. The third kappa shape index (κ3) is 7.86. The average molecular weight is 448 g/mol. The highest BCUT2D eigenvalue weighted by molar-refractivity contribution is 7.99. The third-order valence-corrected chi connectivity index (χ3v) is 4.80. The van der Waals surface area contributed by atoms with Gasteiger partial charge in [-0.3, -0.25) is 9.59 Å². The van der Waals surface area contributed by atoms with Crippen LogP contribution >= 0.6 is 11.8 Å². The molecular formula is C19H29NO9S. The van der Waals surface area contributed by atoms with Crippen molar-refractivity contribution in [1.29, 1.82) is 0 Å². The lowest BCUT2D eigenvalue weighted by atomic mass is 10.1. The van der Waals surface area contributed by atoms with Gasteiger partial charge >= 0.3 is 23.9 Å². The smallest absolute Gasteiger partial charge is 0.347 e. The molecule has 1 saturated heterocycles. The van der Waals surface area contributed by atoms with E-state index in [-0.39, 0.29) is 25.3 Å². The van der Waals surface area contributed by atoms with Crippen LogP contribution in [-0.4, -0.2) is 73.1 Å². The maximum Gasteiger partial charge on any atom is 0.347 e. The normalized spacial score (nSPS) is 22.6. The number of carbonyl (C=O) groups is 4. The summed E-state index contributed by atoms with van der Waals surface area (Å²) >= 11 is 1.40. The summed E-state index contributed by atoms with van der Waals surface area (Å²) in [5.41, 5.74) is -0.842. The summed E-state index contributed by atoms with van der Waals surface area (Å²) in [6.07, 6.45) is -1.17. The Hall–Kier alpha value is -2.27. The Morgan fingerprint density at radius 2 is 1.47 bits per heavy atom. The minimum Gasteiger partial charge on any atom is -0.462 e. The van der Waals surface area contributed by atoms with Crippen molar-refractivity contribution in [3.63, 3.8) is 0 Å². The first kappa shape index (κ1) is 25.8. The predicted octanol–water partition coefficient (Wildman–Crippen LogP) is 0.928. The van der Waals surface area contributed by atoms with Crippen LogP contribution in [0.1, 0.15) is 34.6 Å². The van der Waals surface area contributed by atoms with Gasteiger partial charge in [0.05, 0.1) is 13.2 Å². The van der Waals surface area contributed by atoms with Crippen molar-refractivity contribution in [3.8, 4) is 0 Å². The molecule has 0 bridgehead atoms. The number of rotatable bonds is 11. The second-order valence-corrected chi connectivity index (χ2v) is 7.43. The van der Waals surface area contributed by atoms with Gasteiger partial charge in [-0.1, -0.05) is 6.92 Å². The highest BCUT2D eigenvalue weighted by Crippen LogP contribution is 2.33. The van der Waals surface area contributed by atoms with Gasteiger partial charge in [0.1, 0.15) is 11.5 Å². The second kappa shape index (κ2) is 13.1. The van der Waals surface area contributed by atoms with Crippen LogP contribution < -0.4 is 5.32 Å². The van der Waals surface area contributed by atoms with Gasteiger partial charge in [-0.25, -0.2) is 9.59 Å². The zero-order valence-electron chi connectivity index (χ0n) is 17.8. The van der Waals surface area contributed by atoms with E-state index in [2.05, 4.69) is 5.32 Å². The Morgan fingerprint density at radius 1 is 0.933 bits per heavy atom. The first-order valence-electron chi connectivity index (χ1n) is 9.64. The Balaban J connectivity index is 2.98. The monoisotopic (exact) mass is 447 g/mol. The zero-order valence-corrected chi connectivity index (χ0v) is 18.6. The molecule has 0 saturated carbocycles. The van der Waals surface area contributed by atoms with Gasteiger partial charge in [0.15, 0.2) is 17.8 Å². The van der Waals surface area contributed by atoms with E-state index in [0.717, 1.165) is 0 Å². The van der Waals surface area contributed by atoms with Gasteiger partial charge in [0.25, 0.3) is 0 Å². The number of esters is 4. The Morgan fingerprint density at radius 3 is 1.93 bits per heavy atom. The van der Waals surface area contributed by atoms with Crippen LogP contribution in [0.5, 0.6) is 0 Å². The number of nitrogens with one attached hydrogen (secondary N) is 1. The van der Waals surface area contributed by atoms with Gasteiger partial charge in [0, 0.05) is 26.6 Å². The number of hydrogen-bond donors (Lipinski definition) is 1. The van der Waals surface area contributed by atoms with Gasteiger partial charge in [-0.05, 0) is 19.6 Å². The van der Waals surface area contributed by atoms with Crippen LogP contribution in [0.4, 0.5) is 0 Å². The lowest BCUT2D eigenvalue weighted by Crippen LogP contribution is -2.42. The molecule has 1 rings (SSSR count). The van der Waals surface area contributed by atoms with E-state index in [1.54, 1.807) is 13.8 Å². The highest BCUT2D eigenvalue weighted by Gasteiger charge is 2.48. The molecule has 1 fully saturated rings. The zero-order chi connectivity index (χ0) is 22.7. The van der Waals surface area contributed by atoms with Crippen molar-refractivity contribution < 1.29 is 42.9 Å². The molecular weight excluding hydrogens is 418 g/mol. The van der Waals surface area contributed by atoms with Gasteiger partial charge < -0.3 is 29.0 Å². The molecule has 10 nitrogen and oxygen atoms in total. The van der Waals surface area contributed by atoms with Crippen molar-refractivity contribution in [1.82, 2.24) is 5.32 Å². The average Bonchev–Trinajstić information content (AvgIpc) is 2.95. The van der Waals surface area contributed by atoms with Crippen LogP contribution in [-0.2, 0) is 42.9 Å². The molecule has 0 aliphatic carbocycles. The molecule has 30 heavy (non-hydrogen) atoms. The molecule has 1 heterocycles. The molecule has 1 N–H and O–H groups in total. The summed E-state index contributed by atoms with van der Waals surface area (Å²) in [6, 6.07) is 0. The van der Waals surface area contributed by atoms with Gasteiger partial charge in [-0.2, -0.15) is 0 Å². The van der Waals surface area contributed by atoms with Crippen molar-refractivity contribution >= 4 is 35.6 Å². The Bertz CT molecular complexity index is 632. The van der Waals surface area contributed by atoms with Crippen molar-refractivity contribution in [2.45, 2.75) is 58.4 Å². The van der Waals surface area contributed by atoms with Crippen molar-refractivity contribution in [2.75, 3.05) is 25.5 Å². The Kier molecular flexibility index (Phi) is 11.3. The van der Waals surface area contributed by atoms with E-state index in [0.29, 0.717) is 5.75 Å². The van der Waals surface area contributed by atoms with Gasteiger partial charge in [-0.15, -0.1) is 11.8 Å². The summed E-state index contributed by atoms with van der Waals surface area (Å²) < 4.78 is 26.3. The molecule has 0 radical (unpaired) electrons. The van der Waals surface area contributed by atoms with Crippen LogP contribution in [0.3, 0.4) is 0 Å². The maximum atomic E-state index is 12.0. The van der Waals surface area contributed by atoms with E-state index in [1.807, 2.05) is 6.92 Å². The lowest BCUT2D eigenvalue weighted by molar-refractivity contribution is -0.163.